The van der Waals surface area contributed by atoms with Crippen LogP contribution >= 0.6 is 0 Å². The predicted molar refractivity (Wildman–Crippen MR) is 507 cm³/mol. The number of esters is 2. The average Bonchev–Trinajstić information content (AvgIpc) is 0.957. The molecule has 2 aromatic carbocycles. The largest absolute Gasteiger partial charge is 0.462 e. The molecular formula is C108H204O6. The Morgan fingerprint density at radius 1 is 0.219 bits per heavy atom. The molecule has 4 atom stereocenters. The first-order valence-corrected chi connectivity index (χ1v) is 51.4. The lowest BCUT2D eigenvalue weighted by Crippen LogP contribution is -2.23. The molecule has 2 aromatic rings. The van der Waals surface area contributed by atoms with E-state index in [4.69, 9.17) is 18.9 Å². The monoisotopic (exact) mass is 1600 g/mol. The number of benzene rings is 2. The summed E-state index contributed by atoms with van der Waals surface area (Å²) in [5, 5.41) is 0. The molecule has 0 radical (unpaired) electrons. The van der Waals surface area contributed by atoms with Crippen LogP contribution in [0.25, 0.3) is 0 Å². The fourth-order valence-electron chi connectivity index (χ4n) is 15.8. The first-order valence-electron chi connectivity index (χ1n) is 51.4. The van der Waals surface area contributed by atoms with E-state index in [0.29, 0.717) is 48.7 Å². The second-order valence-corrected chi connectivity index (χ2v) is 36.8. The van der Waals surface area contributed by atoms with Gasteiger partial charge in [0.2, 0.25) is 0 Å². The van der Waals surface area contributed by atoms with Crippen LogP contribution in [0.2, 0.25) is 0 Å². The third-order valence-electron chi connectivity index (χ3n) is 23.9. The van der Waals surface area contributed by atoms with E-state index in [0.717, 1.165) is 51.7 Å². The molecule has 0 heterocycles. The number of carbonyl (C=O) groups excluding carboxylic acids is 2. The SMILES string of the molecule is CCCCCCCCCCC[C@@H](OC(=O)CCCCCCCCC)C(C)C.CCCCCCCCCCC[C@@H](OC(=O)CCCCCCCc1ccccc1)C(C)C.CCCCCCCCCCC[C@@H](OCCCCCCCCCC)C(C)C.CCCCCCCCCCC[C@@H](OCCCCCCCCc1ccccc1)C(C)C. The van der Waals surface area contributed by atoms with Gasteiger partial charge < -0.3 is 18.9 Å². The van der Waals surface area contributed by atoms with Gasteiger partial charge in [0, 0.05) is 26.1 Å². The molecule has 0 aliphatic carbocycles. The van der Waals surface area contributed by atoms with E-state index in [1.807, 2.05) is 0 Å². The van der Waals surface area contributed by atoms with Gasteiger partial charge in [0.1, 0.15) is 12.2 Å². The van der Waals surface area contributed by atoms with Gasteiger partial charge in [-0.2, -0.15) is 0 Å². The van der Waals surface area contributed by atoms with Crippen molar-refractivity contribution in [2.45, 2.75) is 571 Å². The zero-order valence-corrected chi connectivity index (χ0v) is 79.8. The van der Waals surface area contributed by atoms with E-state index in [9.17, 15) is 9.59 Å². The minimum atomic E-state index is 0.0129. The second-order valence-electron chi connectivity index (χ2n) is 36.8. The summed E-state index contributed by atoms with van der Waals surface area (Å²) in [5.74, 6) is 2.19. The van der Waals surface area contributed by atoms with Gasteiger partial charge in [-0.3, -0.25) is 9.59 Å². The van der Waals surface area contributed by atoms with Crippen LogP contribution in [-0.2, 0) is 41.4 Å². The Hall–Kier alpha value is -2.70. The van der Waals surface area contributed by atoms with Gasteiger partial charge in [0.05, 0.1) is 12.2 Å². The fourth-order valence-corrected chi connectivity index (χ4v) is 15.8. The molecular weight excluding hydrogens is 1390 g/mol. The number of carbonyl (C=O) groups is 2. The molecule has 0 aromatic heterocycles. The quantitative estimate of drug-likeness (QED) is 0.0485. The Balaban J connectivity index is 0. The summed E-state index contributed by atoms with van der Waals surface area (Å²) >= 11 is 0. The van der Waals surface area contributed by atoms with Crippen molar-refractivity contribution >= 4 is 11.9 Å². The number of ether oxygens (including phenoxy) is 4. The standard InChI is InChI=1S/C29H50O2.C29H52O.C25H50O2.C25H52O/c1-4-5-6-7-8-9-10-13-19-24-28(26(2)3)31-29(30)25-20-14-11-12-16-21-27-22-17-15-18-23-27;1-4-5-6-7-8-9-10-14-20-25-29(27(2)3)30-26-21-15-12-11-13-17-22-28-23-18-16-19-24-28;1-5-7-9-11-13-14-16-17-19-21-24(23(3)4)27-25(26)22-20-18-15-12-10-8-6-2;1-5-7-9-11-13-15-16-18-20-22-25(24(3)4)26-23-21-19-17-14-12-10-8-6-2/h15,17-18,22-23,26,28H,4-14,16,19-21,24-25H2,1-3H3;16,18-19,23-24,27,29H,4-15,17,20-22,25-26H2,1-3H3;23-24H,5-22H2,1-4H3;24-25H,5-23H2,1-4H3/t28-;29-;24-;25-/m1111/s1. The van der Waals surface area contributed by atoms with Crippen LogP contribution in [0.5, 0.6) is 0 Å². The van der Waals surface area contributed by atoms with Crippen molar-refractivity contribution in [2.24, 2.45) is 23.7 Å². The van der Waals surface area contributed by atoms with Crippen molar-refractivity contribution in [2.75, 3.05) is 13.2 Å². The fraction of sp³-hybridized carbons (Fsp3) is 0.870. The molecule has 0 amide bonds. The van der Waals surface area contributed by atoms with Gasteiger partial charge in [0.15, 0.2) is 0 Å². The summed E-state index contributed by atoms with van der Waals surface area (Å²) in [6, 6.07) is 21.6. The smallest absolute Gasteiger partial charge is 0.306 e. The molecule has 672 valence electrons. The second kappa shape index (κ2) is 92.6. The summed E-state index contributed by atoms with van der Waals surface area (Å²) < 4.78 is 24.1. The number of aryl methyl sites for hydroxylation is 2. The lowest BCUT2D eigenvalue weighted by atomic mass is 9.99. The van der Waals surface area contributed by atoms with Crippen molar-refractivity contribution in [3.8, 4) is 0 Å². The molecule has 0 aliphatic rings. The van der Waals surface area contributed by atoms with Gasteiger partial charge in [-0.1, -0.05) is 504 Å². The third kappa shape index (κ3) is 84.3. The molecule has 0 unspecified atom stereocenters. The van der Waals surface area contributed by atoms with E-state index in [-0.39, 0.29) is 24.1 Å². The Kier molecular flexibility index (Phi) is 92.1. The number of hydrogen-bond donors (Lipinski definition) is 0. The number of hydrogen-bond acceptors (Lipinski definition) is 6. The molecule has 6 heteroatoms. The highest BCUT2D eigenvalue weighted by Crippen LogP contribution is 2.25. The van der Waals surface area contributed by atoms with E-state index in [1.54, 1.807) is 0 Å². The Labute approximate surface area is 715 Å². The maximum absolute atomic E-state index is 12.3. The third-order valence-corrected chi connectivity index (χ3v) is 23.9. The van der Waals surface area contributed by atoms with Gasteiger partial charge in [0.25, 0.3) is 0 Å². The van der Waals surface area contributed by atoms with E-state index < -0.39 is 0 Å². The number of unbranched alkanes of at least 4 members (excludes halogenated alkanes) is 54. The van der Waals surface area contributed by atoms with Crippen LogP contribution in [-0.4, -0.2) is 49.6 Å². The molecule has 0 saturated carbocycles. The van der Waals surface area contributed by atoms with E-state index in [1.165, 1.54) is 409 Å². The zero-order chi connectivity index (χ0) is 83.7. The van der Waals surface area contributed by atoms with Gasteiger partial charge in [-0.05, 0) is 125 Å². The molecule has 0 saturated heterocycles. The highest BCUT2D eigenvalue weighted by Gasteiger charge is 2.20. The molecule has 6 nitrogen and oxygen atoms in total. The van der Waals surface area contributed by atoms with Crippen LogP contribution in [0.1, 0.15) is 545 Å². The minimum absolute atomic E-state index is 0.0129. The normalized spacial score (nSPS) is 12.5. The molecule has 2 rings (SSSR count). The van der Waals surface area contributed by atoms with Crippen LogP contribution in [0.15, 0.2) is 60.7 Å². The average molecular weight is 1600 g/mol. The highest BCUT2D eigenvalue weighted by atomic mass is 16.5. The summed E-state index contributed by atoms with van der Waals surface area (Å²) in [4.78, 5) is 24.4. The summed E-state index contributed by atoms with van der Waals surface area (Å²) in [5.41, 5.74) is 2.91. The zero-order valence-electron chi connectivity index (χ0n) is 79.8. The van der Waals surface area contributed by atoms with Crippen molar-refractivity contribution in [1.82, 2.24) is 0 Å². The van der Waals surface area contributed by atoms with Crippen LogP contribution in [0.4, 0.5) is 0 Å². The number of rotatable bonds is 82. The van der Waals surface area contributed by atoms with Crippen molar-refractivity contribution in [1.29, 1.82) is 0 Å². The van der Waals surface area contributed by atoms with E-state index >= 15 is 0 Å². The summed E-state index contributed by atoms with van der Waals surface area (Å²) in [7, 11) is 0. The van der Waals surface area contributed by atoms with Gasteiger partial charge >= 0.3 is 11.9 Å². The summed E-state index contributed by atoms with van der Waals surface area (Å²) in [6.07, 6.45) is 92.5. The lowest BCUT2D eigenvalue weighted by Gasteiger charge is -2.21. The molecule has 0 aliphatic heterocycles. The highest BCUT2D eigenvalue weighted by molar-refractivity contribution is 5.69. The van der Waals surface area contributed by atoms with Crippen molar-refractivity contribution in [3.05, 3.63) is 71.8 Å². The molecule has 0 fully saturated rings. The molecule has 0 bridgehead atoms. The Bertz CT molecular complexity index is 2100. The van der Waals surface area contributed by atoms with Gasteiger partial charge in [-0.25, -0.2) is 0 Å². The minimum Gasteiger partial charge on any atom is -0.462 e. The lowest BCUT2D eigenvalue weighted by molar-refractivity contribution is -0.152. The molecule has 0 spiro atoms. The molecule has 0 N–H and O–H groups in total. The maximum Gasteiger partial charge on any atom is 0.306 e. The first kappa shape index (κ1) is 113. The van der Waals surface area contributed by atoms with Crippen molar-refractivity contribution < 1.29 is 28.5 Å². The van der Waals surface area contributed by atoms with Crippen molar-refractivity contribution in [3.63, 3.8) is 0 Å². The Morgan fingerprint density at radius 3 is 0.623 bits per heavy atom. The topological polar surface area (TPSA) is 71.1 Å². The summed E-state index contributed by atoms with van der Waals surface area (Å²) in [6.45, 7) is 33.6. The molecule has 114 heavy (non-hydrogen) atoms. The maximum atomic E-state index is 12.3. The van der Waals surface area contributed by atoms with Crippen LogP contribution in [0, 0.1) is 23.7 Å². The first-order chi connectivity index (χ1) is 55.7. The Morgan fingerprint density at radius 2 is 0.404 bits per heavy atom. The van der Waals surface area contributed by atoms with Crippen LogP contribution < -0.4 is 0 Å². The predicted octanol–water partition coefficient (Wildman–Crippen LogP) is 36.3. The van der Waals surface area contributed by atoms with Crippen LogP contribution in [0.3, 0.4) is 0 Å². The van der Waals surface area contributed by atoms with E-state index in [2.05, 4.69) is 158 Å². The van der Waals surface area contributed by atoms with Gasteiger partial charge in [-0.15, -0.1) is 0 Å².